The Bertz CT molecular complexity index is 1190. The van der Waals surface area contributed by atoms with Crippen molar-refractivity contribution < 1.29 is 19.1 Å². The molecule has 0 aromatic heterocycles. The molecule has 2 aliphatic heterocycles. The summed E-state index contributed by atoms with van der Waals surface area (Å²) in [5.41, 5.74) is 4.20. The Morgan fingerprint density at radius 1 is 0.944 bits per heavy atom. The summed E-state index contributed by atoms with van der Waals surface area (Å²) in [5.74, 6) is -0.157. The van der Waals surface area contributed by atoms with Crippen LogP contribution in [-0.4, -0.2) is 48.5 Å². The van der Waals surface area contributed by atoms with Crippen molar-refractivity contribution >= 4 is 29.3 Å². The summed E-state index contributed by atoms with van der Waals surface area (Å²) in [7, 11) is 1.36. The smallest absolute Gasteiger partial charge is 0.329 e. The number of carbonyl (C=O) groups is 3. The van der Waals surface area contributed by atoms with Gasteiger partial charge in [-0.25, -0.2) is 4.79 Å². The number of nitrogens with zero attached hydrogens (tertiary/aromatic N) is 3. The summed E-state index contributed by atoms with van der Waals surface area (Å²) in [6, 6.07) is 16.6. The Labute approximate surface area is 212 Å². The molecule has 3 amide bonds. The Hall–Kier alpha value is -3.35. The number of methoxy groups -OCH3 is 1. The summed E-state index contributed by atoms with van der Waals surface area (Å²) in [5, 5.41) is 0. The molecule has 36 heavy (non-hydrogen) atoms. The quantitative estimate of drug-likeness (QED) is 0.566. The molecule has 0 spiro atoms. The van der Waals surface area contributed by atoms with Crippen LogP contribution in [0.25, 0.3) is 0 Å². The van der Waals surface area contributed by atoms with Crippen LogP contribution in [0, 0.1) is 5.92 Å². The average molecular weight is 488 g/mol. The predicted octanol–water partition coefficient (Wildman–Crippen LogP) is 4.84. The lowest BCUT2D eigenvalue weighted by Gasteiger charge is -2.48. The van der Waals surface area contributed by atoms with Crippen molar-refractivity contribution in [3.63, 3.8) is 0 Å². The number of urea groups is 1. The zero-order valence-corrected chi connectivity index (χ0v) is 20.8. The van der Waals surface area contributed by atoms with Gasteiger partial charge in [-0.3, -0.25) is 19.4 Å². The normalized spacial score (nSPS) is 24.1. The first-order valence-electron chi connectivity index (χ1n) is 13.2. The number of hydrogen-bond donors (Lipinski definition) is 0. The maximum atomic E-state index is 14.2. The second kappa shape index (κ2) is 9.26. The van der Waals surface area contributed by atoms with Crippen molar-refractivity contribution in [1.29, 1.82) is 0 Å². The highest BCUT2D eigenvalue weighted by Gasteiger charge is 2.52. The van der Waals surface area contributed by atoms with Crippen molar-refractivity contribution in [3.05, 3.63) is 59.7 Å². The number of fused-ring (bicyclic) bond motifs is 3. The van der Waals surface area contributed by atoms with E-state index in [1.165, 1.54) is 12.7 Å². The zero-order valence-electron chi connectivity index (χ0n) is 20.8. The number of hydrogen-bond acceptors (Lipinski definition) is 4. The van der Waals surface area contributed by atoms with Gasteiger partial charge in [0.15, 0.2) is 0 Å². The van der Waals surface area contributed by atoms with Crippen molar-refractivity contribution in [3.8, 4) is 0 Å². The SMILES string of the molecule is COC(=O)CCC(=O)N(C1CC1)C1c2ccccc2N(C(=O)N2CCc3ccccc32)C2CCCC21. The van der Waals surface area contributed by atoms with Gasteiger partial charge in [0.25, 0.3) is 0 Å². The average Bonchev–Trinajstić information content (AvgIpc) is 3.45. The fraction of sp³-hybridized carbons (Fsp3) is 0.483. The van der Waals surface area contributed by atoms with Crippen molar-refractivity contribution in [2.45, 2.75) is 69.5 Å². The molecule has 3 unspecified atom stereocenters. The van der Waals surface area contributed by atoms with Crippen LogP contribution >= 0.6 is 0 Å². The van der Waals surface area contributed by atoms with E-state index in [2.05, 4.69) is 17.0 Å². The van der Waals surface area contributed by atoms with Crippen LogP contribution in [0.1, 0.15) is 62.1 Å². The Morgan fingerprint density at radius 3 is 2.47 bits per heavy atom. The molecule has 7 nitrogen and oxygen atoms in total. The first-order chi connectivity index (χ1) is 17.6. The minimum Gasteiger partial charge on any atom is -0.469 e. The second-order valence-corrected chi connectivity index (χ2v) is 10.5. The molecule has 2 aromatic rings. The van der Waals surface area contributed by atoms with E-state index in [9.17, 15) is 14.4 Å². The molecule has 2 aliphatic carbocycles. The third-order valence-electron chi connectivity index (χ3n) is 8.41. The summed E-state index contributed by atoms with van der Waals surface area (Å²) in [4.78, 5) is 45.5. The lowest BCUT2D eigenvalue weighted by Crippen LogP contribution is -2.56. The molecule has 0 saturated heterocycles. The molecule has 3 atom stereocenters. The highest BCUT2D eigenvalue weighted by molar-refractivity contribution is 6.06. The van der Waals surface area contributed by atoms with Gasteiger partial charge < -0.3 is 9.64 Å². The molecular formula is C29H33N3O4. The van der Waals surface area contributed by atoms with Gasteiger partial charge >= 0.3 is 12.0 Å². The number of amides is 3. The summed E-state index contributed by atoms with van der Waals surface area (Å²) >= 11 is 0. The first-order valence-corrected chi connectivity index (χ1v) is 13.2. The maximum Gasteiger partial charge on any atom is 0.329 e. The maximum absolute atomic E-state index is 14.2. The highest BCUT2D eigenvalue weighted by Crippen LogP contribution is 2.53. The standard InChI is InChI=1S/C29H33N3O4/c1-36-27(34)16-15-26(33)31(20-13-14-20)28-21-8-3-5-11-24(21)32(25-12-6-9-22(25)28)29(35)30-18-17-19-7-2-4-10-23(19)30/h2-5,7-8,10-11,20,22,25,28H,6,9,12-18H2,1H3. The molecule has 188 valence electrons. The molecule has 0 radical (unpaired) electrons. The van der Waals surface area contributed by atoms with E-state index in [4.69, 9.17) is 4.74 Å². The topological polar surface area (TPSA) is 70.2 Å². The van der Waals surface area contributed by atoms with E-state index in [1.807, 2.05) is 46.2 Å². The zero-order chi connectivity index (χ0) is 24.8. The molecule has 0 bridgehead atoms. The lowest BCUT2D eigenvalue weighted by molar-refractivity contribution is -0.145. The molecule has 4 aliphatic rings. The molecule has 2 heterocycles. The highest BCUT2D eigenvalue weighted by atomic mass is 16.5. The van der Waals surface area contributed by atoms with Gasteiger partial charge in [-0.2, -0.15) is 0 Å². The van der Waals surface area contributed by atoms with Gasteiger partial charge in [0.05, 0.1) is 25.3 Å². The van der Waals surface area contributed by atoms with E-state index >= 15 is 0 Å². The summed E-state index contributed by atoms with van der Waals surface area (Å²) in [6.07, 6.45) is 6.07. The molecular weight excluding hydrogens is 454 g/mol. The number of carbonyl (C=O) groups excluding carboxylic acids is 3. The third-order valence-corrected chi connectivity index (χ3v) is 8.41. The minimum absolute atomic E-state index is 0.0154. The van der Waals surface area contributed by atoms with E-state index in [1.54, 1.807) is 0 Å². The van der Waals surface area contributed by atoms with Crippen LogP contribution in [0.2, 0.25) is 0 Å². The monoisotopic (exact) mass is 487 g/mol. The first kappa shape index (κ1) is 23.1. The van der Waals surface area contributed by atoms with Gasteiger partial charge in [0.2, 0.25) is 5.91 Å². The molecule has 7 heteroatoms. The molecule has 6 rings (SSSR count). The van der Waals surface area contributed by atoms with E-state index in [-0.39, 0.29) is 54.8 Å². The number of anilines is 2. The fourth-order valence-corrected chi connectivity index (χ4v) is 6.67. The Morgan fingerprint density at radius 2 is 1.69 bits per heavy atom. The van der Waals surface area contributed by atoms with E-state index in [0.29, 0.717) is 6.54 Å². The molecule has 2 fully saturated rings. The minimum atomic E-state index is -0.357. The van der Waals surface area contributed by atoms with Crippen LogP contribution in [0.4, 0.5) is 16.2 Å². The summed E-state index contributed by atoms with van der Waals surface area (Å²) < 4.78 is 4.78. The third kappa shape index (κ3) is 3.85. The predicted molar refractivity (Wildman–Crippen MR) is 137 cm³/mol. The fourth-order valence-electron chi connectivity index (χ4n) is 6.67. The number of esters is 1. The van der Waals surface area contributed by atoms with Crippen LogP contribution < -0.4 is 9.80 Å². The van der Waals surface area contributed by atoms with Gasteiger partial charge in [-0.15, -0.1) is 0 Å². The van der Waals surface area contributed by atoms with Crippen LogP contribution in [0.15, 0.2) is 48.5 Å². The van der Waals surface area contributed by atoms with Gasteiger partial charge in [-0.05, 0) is 55.4 Å². The van der Waals surface area contributed by atoms with Gasteiger partial charge in [0, 0.05) is 36.7 Å². The van der Waals surface area contributed by atoms with E-state index < -0.39 is 0 Å². The molecule has 0 N–H and O–H groups in total. The number of rotatable bonds is 5. The van der Waals surface area contributed by atoms with Gasteiger partial charge in [0.1, 0.15) is 0 Å². The van der Waals surface area contributed by atoms with Crippen LogP contribution in [-0.2, 0) is 20.7 Å². The summed E-state index contributed by atoms with van der Waals surface area (Å²) in [6.45, 7) is 0.692. The van der Waals surface area contributed by atoms with Crippen molar-refractivity contribution in [2.24, 2.45) is 5.92 Å². The molecule has 2 aromatic carbocycles. The second-order valence-electron chi connectivity index (χ2n) is 10.5. The number of para-hydroxylation sites is 2. The van der Waals surface area contributed by atoms with E-state index in [0.717, 1.165) is 55.5 Å². The number of benzene rings is 2. The molecule has 2 saturated carbocycles. The van der Waals surface area contributed by atoms with Crippen LogP contribution in [0.5, 0.6) is 0 Å². The lowest BCUT2D eigenvalue weighted by atomic mass is 9.81. The Kier molecular flexibility index (Phi) is 5.94. The van der Waals surface area contributed by atoms with Crippen molar-refractivity contribution in [1.82, 2.24) is 4.90 Å². The van der Waals surface area contributed by atoms with Gasteiger partial charge in [-0.1, -0.05) is 42.8 Å². The largest absolute Gasteiger partial charge is 0.469 e. The Balaban J connectivity index is 1.37. The number of ether oxygens (including phenoxy) is 1. The van der Waals surface area contributed by atoms with Crippen molar-refractivity contribution in [2.75, 3.05) is 23.5 Å². The van der Waals surface area contributed by atoms with Crippen LogP contribution in [0.3, 0.4) is 0 Å².